The third-order valence-electron chi connectivity index (χ3n) is 2.31. The van der Waals surface area contributed by atoms with Crippen LogP contribution in [0.25, 0.3) is 0 Å². The van der Waals surface area contributed by atoms with Crippen molar-refractivity contribution >= 4 is 0 Å². The number of hydrogen-bond donors (Lipinski definition) is 3. The normalized spacial score (nSPS) is 40.2. The van der Waals surface area contributed by atoms with Crippen LogP contribution < -0.4 is 5.32 Å². The summed E-state index contributed by atoms with van der Waals surface area (Å²) in [5.74, 6) is 0. The molecule has 1 saturated heterocycles. The molecule has 3 atom stereocenters. The van der Waals surface area contributed by atoms with E-state index in [9.17, 15) is 10.2 Å². The van der Waals surface area contributed by atoms with Gasteiger partial charge in [-0.25, -0.2) is 0 Å². The predicted molar refractivity (Wildman–Crippen MR) is 49.5 cm³/mol. The Kier molecular flexibility index (Phi) is 3.29. The van der Waals surface area contributed by atoms with Crippen molar-refractivity contribution in [2.24, 2.45) is 0 Å². The van der Waals surface area contributed by atoms with Crippen LogP contribution in [0.5, 0.6) is 0 Å². The quantitative estimate of drug-likeness (QED) is 0.560. The standard InChI is InChI=1S/C9H19NO3/c1-6(2)10-4-7-8(11)9(3,12)5-13-7/h6-8,10-12H,4-5H2,1-3H3/t7-,8-,9+/m1/s1. The van der Waals surface area contributed by atoms with E-state index < -0.39 is 11.7 Å². The lowest BCUT2D eigenvalue weighted by atomic mass is 9.99. The van der Waals surface area contributed by atoms with Crippen LogP contribution in [0.15, 0.2) is 0 Å². The summed E-state index contributed by atoms with van der Waals surface area (Å²) in [6.45, 7) is 6.43. The van der Waals surface area contributed by atoms with E-state index in [1.54, 1.807) is 6.92 Å². The van der Waals surface area contributed by atoms with E-state index >= 15 is 0 Å². The maximum absolute atomic E-state index is 9.61. The van der Waals surface area contributed by atoms with Gasteiger partial charge in [0.25, 0.3) is 0 Å². The van der Waals surface area contributed by atoms with Crippen molar-refractivity contribution in [1.29, 1.82) is 0 Å². The van der Waals surface area contributed by atoms with E-state index in [2.05, 4.69) is 5.32 Å². The summed E-state index contributed by atoms with van der Waals surface area (Å²) >= 11 is 0. The summed E-state index contributed by atoms with van der Waals surface area (Å²) in [5.41, 5.74) is -1.09. The molecule has 3 N–H and O–H groups in total. The lowest BCUT2D eigenvalue weighted by Crippen LogP contribution is -2.45. The maximum atomic E-state index is 9.61. The van der Waals surface area contributed by atoms with Crippen molar-refractivity contribution in [3.8, 4) is 0 Å². The van der Waals surface area contributed by atoms with Gasteiger partial charge in [-0.2, -0.15) is 0 Å². The molecule has 0 amide bonds. The van der Waals surface area contributed by atoms with Gasteiger partial charge in [0.05, 0.1) is 12.7 Å². The fourth-order valence-electron chi connectivity index (χ4n) is 1.38. The molecule has 0 unspecified atom stereocenters. The van der Waals surface area contributed by atoms with Gasteiger partial charge in [-0.15, -0.1) is 0 Å². The average molecular weight is 189 g/mol. The van der Waals surface area contributed by atoms with Crippen molar-refractivity contribution in [2.75, 3.05) is 13.2 Å². The molecule has 78 valence electrons. The Bertz CT molecular complexity index is 170. The van der Waals surface area contributed by atoms with Crippen molar-refractivity contribution in [3.05, 3.63) is 0 Å². The summed E-state index contributed by atoms with van der Waals surface area (Å²) in [7, 11) is 0. The third-order valence-corrected chi connectivity index (χ3v) is 2.31. The highest BCUT2D eigenvalue weighted by atomic mass is 16.5. The molecule has 0 saturated carbocycles. The van der Waals surface area contributed by atoms with Crippen LogP contribution in [0.4, 0.5) is 0 Å². The zero-order valence-electron chi connectivity index (χ0n) is 8.45. The van der Waals surface area contributed by atoms with Gasteiger partial charge in [-0.05, 0) is 6.92 Å². The minimum Gasteiger partial charge on any atom is -0.387 e. The molecule has 0 radical (unpaired) electrons. The number of nitrogens with one attached hydrogen (secondary N) is 1. The highest BCUT2D eigenvalue weighted by molar-refractivity contribution is 4.94. The average Bonchev–Trinajstić information content (AvgIpc) is 2.25. The smallest absolute Gasteiger partial charge is 0.113 e. The predicted octanol–water partition coefficient (Wildman–Crippen LogP) is -0.505. The second-order valence-corrected chi connectivity index (χ2v) is 4.21. The van der Waals surface area contributed by atoms with Crippen LogP contribution in [0, 0.1) is 0 Å². The van der Waals surface area contributed by atoms with Crippen molar-refractivity contribution < 1.29 is 14.9 Å². The number of aliphatic hydroxyl groups is 2. The van der Waals surface area contributed by atoms with Gasteiger partial charge < -0.3 is 20.3 Å². The molecule has 0 bridgehead atoms. The zero-order valence-corrected chi connectivity index (χ0v) is 8.45. The number of hydrogen-bond acceptors (Lipinski definition) is 4. The Balaban J connectivity index is 2.37. The molecule has 0 spiro atoms. The summed E-state index contributed by atoms with van der Waals surface area (Å²) < 4.78 is 5.27. The van der Waals surface area contributed by atoms with Crippen LogP contribution in [0.3, 0.4) is 0 Å². The van der Waals surface area contributed by atoms with Crippen LogP contribution in [0.1, 0.15) is 20.8 Å². The fraction of sp³-hybridized carbons (Fsp3) is 1.00. The van der Waals surface area contributed by atoms with E-state index in [1.807, 2.05) is 13.8 Å². The molecule has 0 aliphatic carbocycles. The van der Waals surface area contributed by atoms with Crippen LogP contribution in [0.2, 0.25) is 0 Å². The lowest BCUT2D eigenvalue weighted by Gasteiger charge is -2.22. The summed E-state index contributed by atoms with van der Waals surface area (Å²) in [5, 5.41) is 22.4. The molecule has 4 nitrogen and oxygen atoms in total. The van der Waals surface area contributed by atoms with Crippen molar-refractivity contribution in [2.45, 2.75) is 44.6 Å². The van der Waals surface area contributed by atoms with Crippen LogP contribution in [-0.4, -0.2) is 47.2 Å². The largest absolute Gasteiger partial charge is 0.387 e. The number of ether oxygens (including phenoxy) is 1. The molecule has 0 aromatic rings. The molecular formula is C9H19NO3. The Morgan fingerprint density at radius 1 is 1.62 bits per heavy atom. The van der Waals surface area contributed by atoms with E-state index in [0.717, 1.165) is 0 Å². The Morgan fingerprint density at radius 2 is 2.23 bits per heavy atom. The second-order valence-electron chi connectivity index (χ2n) is 4.21. The first-order chi connectivity index (χ1) is 5.93. The lowest BCUT2D eigenvalue weighted by molar-refractivity contribution is -0.0357. The van der Waals surface area contributed by atoms with Gasteiger partial charge in [-0.3, -0.25) is 0 Å². The molecular weight excluding hydrogens is 170 g/mol. The first kappa shape index (κ1) is 10.9. The Labute approximate surface area is 78.9 Å². The van der Waals surface area contributed by atoms with E-state index in [-0.39, 0.29) is 12.7 Å². The second kappa shape index (κ2) is 3.92. The minimum absolute atomic E-state index is 0.207. The van der Waals surface area contributed by atoms with E-state index in [1.165, 1.54) is 0 Å². The molecule has 4 heteroatoms. The highest BCUT2D eigenvalue weighted by Crippen LogP contribution is 2.23. The Morgan fingerprint density at radius 3 is 2.62 bits per heavy atom. The number of aliphatic hydroxyl groups excluding tert-OH is 1. The first-order valence-corrected chi connectivity index (χ1v) is 4.69. The monoisotopic (exact) mass is 189 g/mol. The molecule has 0 aromatic carbocycles. The fourth-order valence-corrected chi connectivity index (χ4v) is 1.38. The topological polar surface area (TPSA) is 61.7 Å². The molecule has 1 aliphatic rings. The van der Waals surface area contributed by atoms with Crippen LogP contribution >= 0.6 is 0 Å². The third kappa shape index (κ3) is 2.64. The molecule has 1 fully saturated rings. The molecule has 1 heterocycles. The van der Waals surface area contributed by atoms with Gasteiger partial charge in [-0.1, -0.05) is 13.8 Å². The SMILES string of the molecule is CC(C)NC[C@H]1OC[C@](C)(O)[C@@H]1O. The molecule has 13 heavy (non-hydrogen) atoms. The van der Waals surface area contributed by atoms with Gasteiger partial charge in [0.15, 0.2) is 0 Å². The van der Waals surface area contributed by atoms with E-state index in [4.69, 9.17) is 4.74 Å². The van der Waals surface area contributed by atoms with Crippen LogP contribution in [-0.2, 0) is 4.74 Å². The van der Waals surface area contributed by atoms with Crippen molar-refractivity contribution in [3.63, 3.8) is 0 Å². The van der Waals surface area contributed by atoms with Gasteiger partial charge >= 0.3 is 0 Å². The molecule has 1 rings (SSSR count). The van der Waals surface area contributed by atoms with Crippen molar-refractivity contribution in [1.82, 2.24) is 5.32 Å². The van der Waals surface area contributed by atoms with E-state index in [0.29, 0.717) is 12.6 Å². The minimum atomic E-state index is -1.09. The zero-order chi connectivity index (χ0) is 10.1. The van der Waals surface area contributed by atoms with Gasteiger partial charge in [0.2, 0.25) is 0 Å². The summed E-state index contributed by atoms with van der Waals surface area (Å²) in [6.07, 6.45) is -1.09. The molecule has 0 aromatic heterocycles. The maximum Gasteiger partial charge on any atom is 0.113 e. The number of rotatable bonds is 3. The molecule has 1 aliphatic heterocycles. The first-order valence-electron chi connectivity index (χ1n) is 4.69. The highest BCUT2D eigenvalue weighted by Gasteiger charge is 2.43. The summed E-state index contributed by atoms with van der Waals surface area (Å²) in [6, 6.07) is 0.362. The van der Waals surface area contributed by atoms with Gasteiger partial charge in [0.1, 0.15) is 11.7 Å². The van der Waals surface area contributed by atoms with Gasteiger partial charge in [0, 0.05) is 12.6 Å². The Hall–Kier alpha value is -0.160. The summed E-state index contributed by atoms with van der Waals surface area (Å²) in [4.78, 5) is 0.